The van der Waals surface area contributed by atoms with Crippen LogP contribution in [0.3, 0.4) is 0 Å². The van der Waals surface area contributed by atoms with Gasteiger partial charge in [0.1, 0.15) is 17.5 Å². The normalized spacial score (nSPS) is 22.7. The Morgan fingerprint density at radius 3 is 2.48 bits per heavy atom. The third kappa shape index (κ3) is 6.22. The summed E-state index contributed by atoms with van der Waals surface area (Å²) in [5, 5.41) is 3.24. The highest BCUT2D eigenvalue weighted by Gasteiger charge is 2.37. The van der Waals surface area contributed by atoms with Gasteiger partial charge < -0.3 is 19.7 Å². The lowest BCUT2D eigenvalue weighted by atomic mass is 10.1. The highest BCUT2D eigenvalue weighted by atomic mass is 16.6. The minimum atomic E-state index is -0.583. The maximum Gasteiger partial charge on any atom is 0.410 e. The van der Waals surface area contributed by atoms with Crippen LogP contribution in [0.15, 0.2) is 42.5 Å². The van der Waals surface area contributed by atoms with Gasteiger partial charge in [-0.25, -0.2) is 4.79 Å². The van der Waals surface area contributed by atoms with Crippen LogP contribution in [-0.4, -0.2) is 72.3 Å². The topological polar surface area (TPSA) is 71.1 Å². The highest BCUT2D eigenvalue weighted by molar-refractivity contribution is 5.88. The Morgan fingerprint density at radius 1 is 1.14 bits per heavy atom. The van der Waals surface area contributed by atoms with Gasteiger partial charge in [-0.1, -0.05) is 24.3 Å². The van der Waals surface area contributed by atoms with Crippen LogP contribution >= 0.6 is 0 Å². The van der Waals surface area contributed by atoms with Crippen LogP contribution in [0.5, 0.6) is 5.75 Å². The van der Waals surface area contributed by atoms with Gasteiger partial charge in [-0.3, -0.25) is 9.69 Å². The van der Waals surface area contributed by atoms with Crippen molar-refractivity contribution < 1.29 is 19.1 Å². The van der Waals surface area contributed by atoms with Crippen molar-refractivity contribution in [3.63, 3.8) is 0 Å². The van der Waals surface area contributed by atoms with Crippen LogP contribution in [0, 0.1) is 0 Å². The van der Waals surface area contributed by atoms with E-state index in [1.54, 1.807) is 11.0 Å². The zero-order valence-corrected chi connectivity index (χ0v) is 17.5. The Balaban J connectivity index is 1.68. The van der Waals surface area contributed by atoms with Gasteiger partial charge in [0, 0.05) is 38.7 Å². The van der Waals surface area contributed by atoms with E-state index in [0.29, 0.717) is 26.1 Å². The van der Waals surface area contributed by atoms with E-state index in [0.717, 1.165) is 18.8 Å². The fourth-order valence-corrected chi connectivity index (χ4v) is 3.50. The lowest BCUT2D eigenvalue weighted by molar-refractivity contribution is -0.126. The molecule has 1 N–H and O–H groups in total. The van der Waals surface area contributed by atoms with Gasteiger partial charge in [-0.05, 0) is 32.9 Å². The summed E-state index contributed by atoms with van der Waals surface area (Å²) in [6.07, 6.45) is 3.45. The van der Waals surface area contributed by atoms with Gasteiger partial charge in [0.2, 0.25) is 5.91 Å². The summed E-state index contributed by atoms with van der Waals surface area (Å²) in [6.45, 7) is 8.96. The molecule has 1 aromatic rings. The van der Waals surface area contributed by atoms with E-state index in [4.69, 9.17) is 9.47 Å². The van der Waals surface area contributed by atoms with Crippen LogP contribution in [0.4, 0.5) is 4.79 Å². The van der Waals surface area contributed by atoms with Gasteiger partial charge in [0.05, 0.1) is 12.6 Å². The molecule has 2 atom stereocenters. The van der Waals surface area contributed by atoms with E-state index in [9.17, 15) is 9.59 Å². The molecule has 158 valence electrons. The van der Waals surface area contributed by atoms with E-state index in [1.807, 2.05) is 62.1 Å². The highest BCUT2D eigenvalue weighted by Crippen LogP contribution is 2.26. The molecule has 2 aliphatic rings. The van der Waals surface area contributed by atoms with Gasteiger partial charge in [-0.2, -0.15) is 0 Å². The first kappa shape index (κ1) is 21.2. The maximum atomic E-state index is 12.7. The number of ether oxygens (including phenoxy) is 2. The molecule has 2 saturated heterocycles. The fraction of sp³-hybridized carbons (Fsp3) is 0.545. The molecule has 7 nitrogen and oxygen atoms in total. The molecular formula is C22H31N3O4. The number of piperazine rings is 1. The molecule has 2 amide bonds. The van der Waals surface area contributed by atoms with E-state index in [2.05, 4.69) is 5.32 Å². The third-order valence-corrected chi connectivity index (χ3v) is 4.87. The van der Waals surface area contributed by atoms with Gasteiger partial charge in [-0.15, -0.1) is 0 Å². The van der Waals surface area contributed by atoms with Crippen LogP contribution in [0.2, 0.25) is 0 Å². The van der Waals surface area contributed by atoms with Gasteiger partial charge >= 0.3 is 6.09 Å². The number of benzene rings is 1. The van der Waals surface area contributed by atoms with Crippen molar-refractivity contribution >= 4 is 12.0 Å². The Morgan fingerprint density at radius 2 is 1.83 bits per heavy atom. The van der Waals surface area contributed by atoms with Crippen molar-refractivity contribution in [2.24, 2.45) is 0 Å². The number of rotatable bonds is 4. The standard InChI is InChI=1S/C22H31N3O4/c1-22(2,3)29-21(27)25-16-19(28-18-7-5-4-6-8-18)15-17(25)9-10-20(26)24-13-11-23-12-14-24/h4-10,17,19,23H,11-16H2,1-3H3/b10-9+/t17-,19+/m1/s1. The molecule has 0 radical (unpaired) electrons. The predicted octanol–water partition coefficient (Wildman–Crippen LogP) is 2.43. The summed E-state index contributed by atoms with van der Waals surface area (Å²) in [5.74, 6) is 0.742. The average molecular weight is 402 g/mol. The first-order valence-corrected chi connectivity index (χ1v) is 10.2. The van der Waals surface area contributed by atoms with Crippen molar-refractivity contribution in [3.8, 4) is 5.75 Å². The monoisotopic (exact) mass is 401 g/mol. The molecule has 2 heterocycles. The summed E-state index contributed by atoms with van der Waals surface area (Å²) in [4.78, 5) is 28.7. The third-order valence-electron chi connectivity index (χ3n) is 4.87. The van der Waals surface area contributed by atoms with Crippen LogP contribution in [-0.2, 0) is 9.53 Å². The van der Waals surface area contributed by atoms with Crippen molar-refractivity contribution in [1.82, 2.24) is 15.1 Å². The smallest absolute Gasteiger partial charge is 0.410 e. The van der Waals surface area contributed by atoms with E-state index in [1.165, 1.54) is 0 Å². The van der Waals surface area contributed by atoms with Crippen molar-refractivity contribution in [3.05, 3.63) is 42.5 Å². The Bertz CT molecular complexity index is 723. The van der Waals surface area contributed by atoms with Gasteiger partial charge in [0.15, 0.2) is 0 Å². The molecule has 2 fully saturated rings. The van der Waals surface area contributed by atoms with Crippen molar-refractivity contribution in [2.75, 3.05) is 32.7 Å². The van der Waals surface area contributed by atoms with E-state index in [-0.39, 0.29) is 24.1 Å². The molecule has 1 aromatic carbocycles. The van der Waals surface area contributed by atoms with Crippen LogP contribution in [0.1, 0.15) is 27.2 Å². The number of para-hydroxylation sites is 1. The lowest BCUT2D eigenvalue weighted by Gasteiger charge is -2.28. The summed E-state index contributed by atoms with van der Waals surface area (Å²) in [5.41, 5.74) is -0.583. The molecule has 3 rings (SSSR count). The Kier molecular flexibility index (Phi) is 6.79. The largest absolute Gasteiger partial charge is 0.488 e. The second-order valence-electron chi connectivity index (χ2n) is 8.42. The molecule has 2 aliphatic heterocycles. The number of hydrogen-bond donors (Lipinski definition) is 1. The molecular weight excluding hydrogens is 370 g/mol. The minimum absolute atomic E-state index is 0.0249. The van der Waals surface area contributed by atoms with E-state index < -0.39 is 5.60 Å². The number of hydrogen-bond acceptors (Lipinski definition) is 5. The van der Waals surface area contributed by atoms with Crippen LogP contribution < -0.4 is 10.1 Å². The zero-order valence-electron chi connectivity index (χ0n) is 17.5. The molecule has 0 bridgehead atoms. The summed E-state index contributed by atoms with van der Waals surface area (Å²) >= 11 is 0. The number of carbonyl (C=O) groups is 2. The fourth-order valence-electron chi connectivity index (χ4n) is 3.50. The summed E-state index contributed by atoms with van der Waals surface area (Å²) in [7, 11) is 0. The number of carbonyl (C=O) groups excluding carboxylic acids is 2. The van der Waals surface area contributed by atoms with Crippen LogP contribution in [0.25, 0.3) is 0 Å². The number of likely N-dealkylation sites (tertiary alicyclic amines) is 1. The number of nitrogens with zero attached hydrogens (tertiary/aromatic N) is 2. The molecule has 0 aliphatic carbocycles. The lowest BCUT2D eigenvalue weighted by Crippen LogP contribution is -2.46. The molecule has 0 unspecified atom stereocenters. The molecule has 0 spiro atoms. The first-order valence-electron chi connectivity index (χ1n) is 10.2. The maximum absolute atomic E-state index is 12.7. The second kappa shape index (κ2) is 9.31. The van der Waals surface area contributed by atoms with Crippen molar-refractivity contribution in [2.45, 2.75) is 44.9 Å². The zero-order chi connectivity index (χ0) is 20.9. The van der Waals surface area contributed by atoms with E-state index >= 15 is 0 Å². The molecule has 0 aromatic heterocycles. The first-order chi connectivity index (χ1) is 13.8. The summed E-state index contributed by atoms with van der Waals surface area (Å²) < 4.78 is 11.6. The average Bonchev–Trinajstić information content (AvgIpc) is 3.09. The molecule has 7 heteroatoms. The van der Waals surface area contributed by atoms with Gasteiger partial charge in [0.25, 0.3) is 0 Å². The quantitative estimate of drug-likeness (QED) is 0.785. The Hall–Kier alpha value is -2.54. The minimum Gasteiger partial charge on any atom is -0.488 e. The van der Waals surface area contributed by atoms with Crippen molar-refractivity contribution in [1.29, 1.82) is 0 Å². The SMILES string of the molecule is CC(C)(C)OC(=O)N1C[C@@H](Oc2ccccc2)C[C@H]1/C=C/C(=O)N1CCNCC1. The number of amides is 2. The molecule has 29 heavy (non-hydrogen) atoms. The second-order valence-corrected chi connectivity index (χ2v) is 8.42. The number of nitrogens with one attached hydrogen (secondary N) is 1. The summed E-state index contributed by atoms with van der Waals surface area (Å²) in [6, 6.07) is 9.32. The Labute approximate surface area is 172 Å². The predicted molar refractivity (Wildman–Crippen MR) is 111 cm³/mol. The molecule has 0 saturated carbocycles.